The minimum absolute atomic E-state index is 0.317. The Morgan fingerprint density at radius 3 is 1.95 bits per heavy atom. The molecule has 1 atom stereocenters. The molecule has 0 heterocycles. The van der Waals surface area contributed by atoms with E-state index in [1.165, 1.54) is 19.2 Å². The van der Waals surface area contributed by atoms with Gasteiger partial charge in [-0.3, -0.25) is 0 Å². The Kier molecular flexibility index (Phi) is 4.77. The van der Waals surface area contributed by atoms with Crippen molar-refractivity contribution in [2.24, 2.45) is 0 Å². The van der Waals surface area contributed by atoms with Gasteiger partial charge in [0.05, 0.1) is 7.11 Å². The van der Waals surface area contributed by atoms with Crippen LogP contribution in [0.5, 0.6) is 17.2 Å². The quantitative estimate of drug-likeness (QED) is 0.790. The normalized spacial score (nSPS) is 11.6. The molecule has 0 amide bonds. The van der Waals surface area contributed by atoms with Crippen molar-refractivity contribution in [1.82, 2.24) is 0 Å². The van der Waals surface area contributed by atoms with E-state index in [0.717, 1.165) is 0 Å². The van der Waals surface area contributed by atoms with Gasteiger partial charge in [0.2, 0.25) is 0 Å². The van der Waals surface area contributed by atoms with Crippen LogP contribution in [0.1, 0.15) is 6.92 Å². The Morgan fingerprint density at radius 1 is 0.952 bits per heavy atom. The van der Waals surface area contributed by atoms with Gasteiger partial charge in [-0.2, -0.15) is 0 Å². The monoisotopic (exact) mass is 290 g/mol. The van der Waals surface area contributed by atoms with Crippen LogP contribution in [0.2, 0.25) is 0 Å². The number of hydrogen-bond acceptors (Lipinski definition) is 4. The third-order valence-electron chi connectivity index (χ3n) is 2.72. The molecule has 4 nitrogen and oxygen atoms in total. The van der Waals surface area contributed by atoms with Crippen LogP contribution in [0.3, 0.4) is 0 Å². The SMILES string of the molecule is COC(=O)C(C)Oc1ccc(Oc2ccc(F)cc2)cc1. The molecule has 21 heavy (non-hydrogen) atoms. The zero-order valence-corrected chi connectivity index (χ0v) is 11.7. The first-order chi connectivity index (χ1) is 10.1. The molecule has 0 N–H and O–H groups in total. The average Bonchev–Trinajstić information content (AvgIpc) is 2.50. The molecule has 0 saturated heterocycles. The summed E-state index contributed by atoms with van der Waals surface area (Å²) < 4.78 is 28.3. The van der Waals surface area contributed by atoms with Gasteiger partial charge in [-0.15, -0.1) is 0 Å². The molecule has 2 aromatic rings. The van der Waals surface area contributed by atoms with Crippen molar-refractivity contribution in [3.05, 3.63) is 54.3 Å². The Bertz CT molecular complexity index is 593. The average molecular weight is 290 g/mol. The van der Waals surface area contributed by atoms with E-state index in [1.807, 2.05) is 0 Å². The van der Waals surface area contributed by atoms with Crippen LogP contribution in [0.15, 0.2) is 48.5 Å². The Hall–Kier alpha value is -2.56. The minimum Gasteiger partial charge on any atom is -0.479 e. The molecule has 2 aromatic carbocycles. The predicted molar refractivity (Wildman–Crippen MR) is 75.0 cm³/mol. The summed E-state index contributed by atoms with van der Waals surface area (Å²) in [6.45, 7) is 1.61. The number of methoxy groups -OCH3 is 1. The maximum atomic E-state index is 12.8. The predicted octanol–water partition coefficient (Wildman–Crippen LogP) is 3.56. The van der Waals surface area contributed by atoms with Crippen molar-refractivity contribution in [3.8, 4) is 17.2 Å². The fourth-order valence-electron chi connectivity index (χ4n) is 1.64. The summed E-state index contributed by atoms with van der Waals surface area (Å²) in [5.74, 6) is 0.886. The molecule has 0 fully saturated rings. The van der Waals surface area contributed by atoms with Crippen LogP contribution >= 0.6 is 0 Å². The highest BCUT2D eigenvalue weighted by molar-refractivity contribution is 5.74. The lowest BCUT2D eigenvalue weighted by Crippen LogP contribution is -2.24. The van der Waals surface area contributed by atoms with Crippen LogP contribution in [-0.4, -0.2) is 19.2 Å². The molecule has 0 radical (unpaired) electrons. The highest BCUT2D eigenvalue weighted by Crippen LogP contribution is 2.24. The summed E-state index contributed by atoms with van der Waals surface area (Å²) in [5, 5.41) is 0. The molecule has 0 aliphatic carbocycles. The molecule has 0 bridgehead atoms. The Labute approximate surface area is 122 Å². The number of carbonyl (C=O) groups is 1. The summed E-state index contributed by atoms with van der Waals surface area (Å²) in [7, 11) is 1.31. The van der Waals surface area contributed by atoms with Crippen LogP contribution in [0.25, 0.3) is 0 Å². The number of rotatable bonds is 5. The lowest BCUT2D eigenvalue weighted by Gasteiger charge is -2.12. The zero-order valence-electron chi connectivity index (χ0n) is 11.7. The first kappa shape index (κ1) is 14.8. The van der Waals surface area contributed by atoms with Gasteiger partial charge in [0, 0.05) is 0 Å². The standard InChI is InChI=1S/C16H15FO4/c1-11(16(18)19-2)20-13-7-9-15(10-8-13)21-14-5-3-12(17)4-6-14/h3-11H,1-2H3. The van der Waals surface area contributed by atoms with E-state index >= 15 is 0 Å². The first-order valence-corrected chi connectivity index (χ1v) is 6.36. The molecule has 0 spiro atoms. The van der Waals surface area contributed by atoms with E-state index < -0.39 is 12.1 Å². The summed E-state index contributed by atoms with van der Waals surface area (Å²) in [5.41, 5.74) is 0. The maximum Gasteiger partial charge on any atom is 0.346 e. The van der Waals surface area contributed by atoms with Gasteiger partial charge < -0.3 is 14.2 Å². The summed E-state index contributed by atoms with van der Waals surface area (Å²) >= 11 is 0. The lowest BCUT2D eigenvalue weighted by molar-refractivity contribution is -0.147. The molecule has 110 valence electrons. The van der Waals surface area contributed by atoms with Crippen molar-refractivity contribution in [2.45, 2.75) is 13.0 Å². The smallest absolute Gasteiger partial charge is 0.346 e. The molecule has 0 aromatic heterocycles. The minimum atomic E-state index is -0.682. The lowest BCUT2D eigenvalue weighted by atomic mass is 10.3. The highest BCUT2D eigenvalue weighted by Gasteiger charge is 2.14. The van der Waals surface area contributed by atoms with Gasteiger partial charge in [0.25, 0.3) is 0 Å². The number of halogens is 1. The summed E-state index contributed by atoms with van der Waals surface area (Å²) in [6.07, 6.45) is -0.682. The second-order valence-corrected chi connectivity index (χ2v) is 4.31. The number of esters is 1. The van der Waals surface area contributed by atoms with Gasteiger partial charge >= 0.3 is 5.97 Å². The second kappa shape index (κ2) is 6.74. The van der Waals surface area contributed by atoms with Crippen LogP contribution < -0.4 is 9.47 Å². The van der Waals surface area contributed by atoms with Gasteiger partial charge in [0.1, 0.15) is 23.1 Å². The number of hydrogen-bond donors (Lipinski definition) is 0. The Balaban J connectivity index is 1.98. The number of benzene rings is 2. The third kappa shape index (κ3) is 4.21. The van der Waals surface area contributed by atoms with E-state index in [9.17, 15) is 9.18 Å². The van der Waals surface area contributed by atoms with Crippen molar-refractivity contribution < 1.29 is 23.4 Å². The van der Waals surface area contributed by atoms with Gasteiger partial charge in [0.15, 0.2) is 6.10 Å². The fourth-order valence-corrected chi connectivity index (χ4v) is 1.64. The molecule has 0 aliphatic heterocycles. The van der Waals surface area contributed by atoms with Crippen molar-refractivity contribution in [1.29, 1.82) is 0 Å². The second-order valence-electron chi connectivity index (χ2n) is 4.31. The topological polar surface area (TPSA) is 44.8 Å². The molecular weight excluding hydrogens is 275 g/mol. The maximum absolute atomic E-state index is 12.8. The molecule has 2 rings (SSSR count). The van der Waals surface area contributed by atoms with Gasteiger partial charge in [-0.25, -0.2) is 9.18 Å². The van der Waals surface area contributed by atoms with Crippen LogP contribution in [0.4, 0.5) is 4.39 Å². The summed E-state index contributed by atoms with van der Waals surface area (Å²) in [4.78, 5) is 11.2. The third-order valence-corrected chi connectivity index (χ3v) is 2.72. The van der Waals surface area contributed by atoms with Crippen LogP contribution in [-0.2, 0) is 9.53 Å². The van der Waals surface area contributed by atoms with E-state index in [0.29, 0.717) is 17.2 Å². The van der Waals surface area contributed by atoms with Crippen molar-refractivity contribution in [3.63, 3.8) is 0 Å². The van der Waals surface area contributed by atoms with E-state index in [-0.39, 0.29) is 5.82 Å². The molecule has 0 saturated carbocycles. The highest BCUT2D eigenvalue weighted by atomic mass is 19.1. The van der Waals surface area contributed by atoms with Crippen molar-refractivity contribution in [2.75, 3.05) is 7.11 Å². The number of ether oxygens (including phenoxy) is 3. The molecular formula is C16H15FO4. The summed E-state index contributed by atoms with van der Waals surface area (Å²) in [6, 6.07) is 12.5. The largest absolute Gasteiger partial charge is 0.479 e. The van der Waals surface area contributed by atoms with Gasteiger partial charge in [-0.1, -0.05) is 0 Å². The Morgan fingerprint density at radius 2 is 1.43 bits per heavy atom. The van der Waals surface area contributed by atoms with Crippen LogP contribution in [0, 0.1) is 5.82 Å². The molecule has 1 unspecified atom stereocenters. The molecule has 0 aliphatic rings. The molecule has 5 heteroatoms. The van der Waals surface area contributed by atoms with Gasteiger partial charge in [-0.05, 0) is 55.5 Å². The fraction of sp³-hybridized carbons (Fsp3) is 0.188. The van der Waals surface area contributed by atoms with E-state index in [2.05, 4.69) is 4.74 Å². The van der Waals surface area contributed by atoms with E-state index in [1.54, 1.807) is 43.3 Å². The van der Waals surface area contributed by atoms with Crippen molar-refractivity contribution >= 4 is 5.97 Å². The van der Waals surface area contributed by atoms with E-state index in [4.69, 9.17) is 9.47 Å². The number of carbonyl (C=O) groups excluding carboxylic acids is 1. The zero-order chi connectivity index (χ0) is 15.2. The first-order valence-electron chi connectivity index (χ1n) is 6.36.